The van der Waals surface area contributed by atoms with Gasteiger partial charge in [0.25, 0.3) is 0 Å². The number of benzene rings is 2. The van der Waals surface area contributed by atoms with Crippen LogP contribution in [0.3, 0.4) is 0 Å². The Morgan fingerprint density at radius 1 is 0.434 bits per heavy atom. The quantitative estimate of drug-likeness (QED) is 0.263. The molecule has 11 saturated carbocycles. The van der Waals surface area contributed by atoms with E-state index in [0.29, 0.717) is 86.7 Å². The molecule has 0 spiro atoms. The zero-order valence-corrected chi connectivity index (χ0v) is 52.7. The molecule has 0 radical (unpaired) electrons. The summed E-state index contributed by atoms with van der Waals surface area (Å²) in [7, 11) is -32.4. The van der Waals surface area contributed by atoms with Gasteiger partial charge in [-0.15, -0.1) is 0 Å². The van der Waals surface area contributed by atoms with Gasteiger partial charge in [0.2, 0.25) is 0 Å². The highest BCUT2D eigenvalue weighted by Crippen LogP contribution is 2.68. The summed E-state index contributed by atoms with van der Waals surface area (Å²) in [5.41, 5.74) is 0.928. The summed E-state index contributed by atoms with van der Waals surface area (Å²) in [5, 5.41) is -1.65. The molecule has 0 heterocycles. The molecule has 83 heavy (non-hydrogen) atoms. The summed E-state index contributed by atoms with van der Waals surface area (Å²) < 4.78 is 248. The van der Waals surface area contributed by atoms with Gasteiger partial charge >= 0.3 is 0 Å². The maximum absolute atomic E-state index is 11.3. The number of aryl methyl sites for hydroxylation is 1. The Kier molecular flexibility index (Phi) is 24.2. The van der Waals surface area contributed by atoms with Crippen molar-refractivity contribution in [3.63, 3.8) is 0 Å². The minimum atomic E-state index is -4.27. The Bertz CT molecular complexity index is 3380. The normalized spacial score (nSPS) is 32.7. The lowest BCUT2D eigenvalue weighted by molar-refractivity contribution is 0.0299. The maximum atomic E-state index is 11.3. The summed E-state index contributed by atoms with van der Waals surface area (Å²) in [6.07, 6.45) is 19.5. The average Bonchev–Trinajstić information content (AvgIpc) is 3.53. The fourth-order valence-electron chi connectivity index (χ4n) is 15.4. The highest BCUT2D eigenvalue weighted by Gasteiger charge is 2.63. The van der Waals surface area contributed by atoms with Crippen molar-refractivity contribution in [1.29, 1.82) is 0 Å². The fourth-order valence-corrected chi connectivity index (χ4v) is 21.0. The molecule has 478 valence electrons. The van der Waals surface area contributed by atoms with E-state index in [9.17, 15) is 90.8 Å². The summed E-state index contributed by atoms with van der Waals surface area (Å²) >= 11 is 0. The summed E-state index contributed by atoms with van der Waals surface area (Å²) in [6, 6.07) is 13.0. The molecule has 11 aliphatic carbocycles. The molecule has 11 aliphatic rings. The monoisotopic (exact) mass is 1330 g/mol. The summed E-state index contributed by atoms with van der Waals surface area (Å²) in [4.78, 5) is -0.363. The van der Waals surface area contributed by atoms with Gasteiger partial charge in [-0.25, -0.2) is 67.3 Å². The molecule has 2 aromatic rings. The Hall–Kier alpha value is -2.28. The van der Waals surface area contributed by atoms with Crippen LogP contribution >= 0.6 is 0 Å². The van der Waals surface area contributed by atoms with E-state index in [-0.39, 0.29) is 27.4 Å². The highest BCUT2D eigenvalue weighted by atomic mass is 32.2. The van der Waals surface area contributed by atoms with Crippen molar-refractivity contribution in [2.45, 2.75) is 173 Å². The molecule has 32 heteroatoms. The maximum Gasteiger partial charge on any atom is 0.124 e. The summed E-state index contributed by atoms with van der Waals surface area (Å²) in [5.74, 6) is 5.85. The van der Waals surface area contributed by atoms with Crippen molar-refractivity contribution in [2.24, 2.45) is 65.1 Å². The third-order valence-electron chi connectivity index (χ3n) is 18.3. The van der Waals surface area contributed by atoms with Gasteiger partial charge in [-0.05, 0) is 199 Å². The third-order valence-corrected chi connectivity index (χ3v) is 26.1. The van der Waals surface area contributed by atoms with Crippen LogP contribution in [0.5, 0.6) is 0 Å². The summed E-state index contributed by atoms with van der Waals surface area (Å²) in [6.45, 7) is 3.13. The molecular formula is C51H74O24S8-8. The van der Waals surface area contributed by atoms with Crippen LogP contribution in [0.2, 0.25) is 0 Å². The molecule has 10 unspecified atom stereocenters. The molecular weight excluding hydrogens is 1250 g/mol. The SMILES string of the molecule is CCS(=O)(=O)[O-].CS(=O)(=O)[O-].Cc1ccc(S(=O)(=O)[O-])cc1.O=S(=O)([O-])C12CC3CC(CC(C3)C1)C2.O=S(=O)([O-])C1CC2CC1C1C3CCC(C3)C21.O=S(=O)([O-])C1CC2CCC1C2.O=S(=O)([O-])C1CCCCC1.O=S(=O)([O-])c1ccccc1. The first-order valence-corrected chi connectivity index (χ1v) is 39.6. The van der Waals surface area contributed by atoms with Crippen LogP contribution in [0.1, 0.15) is 141 Å². The topological polar surface area (TPSA) is 458 Å². The molecule has 0 aliphatic heterocycles. The second-order valence-corrected chi connectivity index (χ2v) is 36.5. The van der Waals surface area contributed by atoms with Gasteiger partial charge in [0.1, 0.15) is 30.4 Å². The Labute approximate surface area is 491 Å². The van der Waals surface area contributed by atoms with Crippen molar-refractivity contribution in [1.82, 2.24) is 0 Å². The zero-order chi connectivity index (χ0) is 62.5. The first-order chi connectivity index (χ1) is 37.9. The lowest BCUT2D eigenvalue weighted by Crippen LogP contribution is -2.54. The van der Waals surface area contributed by atoms with E-state index in [1.807, 2.05) is 6.92 Å². The first-order valence-electron chi connectivity index (χ1n) is 27.6. The van der Waals surface area contributed by atoms with E-state index in [0.717, 1.165) is 68.3 Å². The minimum absolute atomic E-state index is 0.178. The number of fused-ring (bicyclic) bond motifs is 11. The molecule has 11 fully saturated rings. The standard InChI is InChI=1S/C12H18O3S.C10H16O3S.C7H12O3S.C7H8O3S.C6H12O3S.C6H6O3S.C2H6O3S.CH4O3S/c13-16(14,15)10-5-8-4-9(10)12-7-2-1-6(3-7)11(8)12;11-14(12,13)10-4-7-1-8(5-10)3-9(2-7)6-10;8-11(9,10)7-4-5-1-2-6(7)3-5;1-6-2-4-7(5-3-6)11(8,9)10;2*7-10(8,9)6-4-2-1-3-5-6;1-2-6(3,4)5;1-5(2,3)4/h6-12H,1-5H2,(H,13,14,15);7-9H,1-6H2,(H,11,12,13);5-7H,1-4H2,(H,8,9,10);2-5H,1H3,(H,8,9,10);6H,1-5H2,(H,7,8,9);1-5H,(H,7,8,9);2H2,1H3,(H,3,4,5);1H3,(H,2,3,4)/p-8. The molecule has 10 atom stereocenters. The van der Waals surface area contributed by atoms with E-state index >= 15 is 0 Å². The van der Waals surface area contributed by atoms with Gasteiger partial charge in [-0.3, -0.25) is 0 Å². The lowest BCUT2D eigenvalue weighted by atomic mass is 9.56. The Morgan fingerprint density at radius 3 is 1.20 bits per heavy atom. The predicted octanol–water partition coefficient (Wildman–Crippen LogP) is 4.89. The minimum Gasteiger partial charge on any atom is -0.748 e. The molecule has 0 aromatic heterocycles. The molecule has 0 saturated heterocycles. The zero-order valence-electron chi connectivity index (χ0n) is 46.2. The van der Waals surface area contributed by atoms with E-state index in [2.05, 4.69) is 0 Å². The third kappa shape index (κ3) is 21.2. The molecule has 10 bridgehead atoms. The molecule has 2 aromatic carbocycles. The van der Waals surface area contributed by atoms with Crippen LogP contribution in [0.15, 0.2) is 64.4 Å². The number of hydrogen-bond donors (Lipinski definition) is 0. The molecule has 13 rings (SSSR count). The number of hydrogen-bond acceptors (Lipinski definition) is 24. The molecule has 24 nitrogen and oxygen atoms in total. The first kappa shape index (κ1) is 71.5. The van der Waals surface area contributed by atoms with Gasteiger partial charge in [0, 0.05) is 17.3 Å². The van der Waals surface area contributed by atoms with Crippen molar-refractivity contribution in [3.8, 4) is 0 Å². The smallest absolute Gasteiger partial charge is 0.124 e. The van der Waals surface area contributed by atoms with Crippen LogP contribution in [0.4, 0.5) is 0 Å². The largest absolute Gasteiger partial charge is 0.748 e. The van der Waals surface area contributed by atoms with Crippen LogP contribution < -0.4 is 0 Å². The lowest BCUT2D eigenvalue weighted by Gasteiger charge is -2.57. The van der Waals surface area contributed by atoms with Crippen molar-refractivity contribution >= 4 is 80.9 Å². The fraction of sp³-hybridized carbons (Fsp3) is 0.765. The predicted molar refractivity (Wildman–Crippen MR) is 293 cm³/mol. The van der Waals surface area contributed by atoms with Crippen LogP contribution in [-0.2, 0) is 80.9 Å². The van der Waals surface area contributed by atoms with Crippen molar-refractivity contribution in [3.05, 3.63) is 60.2 Å². The Balaban J connectivity index is 0.000000178. The second kappa shape index (κ2) is 28.0. The second-order valence-electron chi connectivity index (χ2n) is 24.0. The van der Waals surface area contributed by atoms with Gasteiger partial charge in [0.05, 0.1) is 75.6 Å². The van der Waals surface area contributed by atoms with Gasteiger partial charge in [0.15, 0.2) is 0 Å². The molecule has 0 amide bonds. The Morgan fingerprint density at radius 2 is 0.867 bits per heavy atom. The van der Waals surface area contributed by atoms with Crippen molar-refractivity contribution < 1.29 is 104 Å². The van der Waals surface area contributed by atoms with Crippen LogP contribution in [0.25, 0.3) is 0 Å². The van der Waals surface area contributed by atoms with Gasteiger partial charge in [-0.2, -0.15) is 0 Å². The molecule has 0 N–H and O–H groups in total. The van der Waals surface area contributed by atoms with E-state index in [1.54, 1.807) is 18.2 Å². The van der Waals surface area contributed by atoms with E-state index in [4.69, 9.17) is 13.0 Å². The van der Waals surface area contributed by atoms with Gasteiger partial charge < -0.3 is 36.4 Å². The van der Waals surface area contributed by atoms with E-state index < -0.39 is 101 Å². The highest BCUT2D eigenvalue weighted by molar-refractivity contribution is 7.88. The number of rotatable bonds is 7. The van der Waals surface area contributed by atoms with Gasteiger partial charge in [-0.1, -0.05) is 68.5 Å². The van der Waals surface area contributed by atoms with E-state index in [1.165, 1.54) is 81.8 Å². The van der Waals surface area contributed by atoms with Crippen molar-refractivity contribution in [2.75, 3.05) is 12.0 Å². The average molecular weight is 1330 g/mol. The van der Waals surface area contributed by atoms with Crippen LogP contribution in [-0.4, -0.2) is 136 Å². The van der Waals surface area contributed by atoms with Crippen LogP contribution in [0, 0.1) is 72.0 Å².